The van der Waals surface area contributed by atoms with Crippen LogP contribution >= 0.6 is 0 Å². The Kier molecular flexibility index (Phi) is 4.33. The van der Waals surface area contributed by atoms with Crippen LogP contribution in [0.25, 0.3) is 5.65 Å². The molecule has 0 bridgehead atoms. The summed E-state index contributed by atoms with van der Waals surface area (Å²) in [6, 6.07) is 5.48. The average molecular weight is 314 g/mol. The van der Waals surface area contributed by atoms with Crippen LogP contribution in [0.1, 0.15) is 37.3 Å². The normalized spacial score (nSPS) is 12.4. The molecule has 8 heteroatoms. The molecule has 0 aliphatic carbocycles. The number of unbranched alkanes of at least 4 members (excludes halogenated alkanes) is 1. The van der Waals surface area contributed by atoms with Gasteiger partial charge in [-0.25, -0.2) is 9.50 Å². The van der Waals surface area contributed by atoms with Crippen molar-refractivity contribution < 1.29 is 9.84 Å². The zero-order valence-corrected chi connectivity index (χ0v) is 12.8. The third kappa shape index (κ3) is 3.07. The summed E-state index contributed by atoms with van der Waals surface area (Å²) >= 11 is 0. The summed E-state index contributed by atoms with van der Waals surface area (Å²) < 4.78 is 6.94. The highest BCUT2D eigenvalue weighted by Crippen LogP contribution is 2.23. The van der Waals surface area contributed by atoms with E-state index in [1.165, 1.54) is 10.7 Å². The molecule has 1 atom stereocenters. The predicted molar refractivity (Wildman–Crippen MR) is 83.9 cm³/mol. The number of pyridine rings is 1. The van der Waals surface area contributed by atoms with Crippen molar-refractivity contribution in [3.05, 3.63) is 42.0 Å². The number of hydrogen-bond acceptors (Lipinski definition) is 7. The van der Waals surface area contributed by atoms with Crippen molar-refractivity contribution in [1.29, 1.82) is 0 Å². The number of aliphatic hydroxyl groups excluding tert-OH is 1. The molecular formula is C15H18N6O2. The first-order valence-corrected chi connectivity index (χ1v) is 7.43. The molecule has 0 aliphatic heterocycles. The summed E-state index contributed by atoms with van der Waals surface area (Å²) in [6.45, 7) is 2.58. The van der Waals surface area contributed by atoms with Crippen LogP contribution in [0.3, 0.4) is 0 Å². The molecule has 120 valence electrons. The van der Waals surface area contributed by atoms with Crippen LogP contribution in [0.15, 0.2) is 30.6 Å². The third-order valence-corrected chi connectivity index (χ3v) is 3.37. The van der Waals surface area contributed by atoms with E-state index in [-0.39, 0.29) is 11.8 Å². The second-order valence-corrected chi connectivity index (χ2v) is 5.06. The van der Waals surface area contributed by atoms with Crippen LogP contribution < -0.4 is 10.5 Å². The number of ether oxygens (including phenoxy) is 1. The largest absolute Gasteiger partial charge is 0.462 e. The molecule has 8 nitrogen and oxygen atoms in total. The molecule has 3 aromatic rings. The van der Waals surface area contributed by atoms with Crippen LogP contribution in [-0.4, -0.2) is 36.3 Å². The molecule has 3 rings (SSSR count). The van der Waals surface area contributed by atoms with E-state index < -0.39 is 6.10 Å². The van der Waals surface area contributed by atoms with E-state index >= 15 is 0 Å². The number of aromatic nitrogens is 5. The molecule has 3 aromatic heterocycles. The fourth-order valence-electron chi connectivity index (χ4n) is 2.14. The highest BCUT2D eigenvalue weighted by molar-refractivity contribution is 5.60. The Morgan fingerprint density at radius 2 is 2.22 bits per heavy atom. The molecular weight excluding hydrogens is 296 g/mol. The molecule has 3 N–H and O–H groups in total. The minimum absolute atomic E-state index is 0.163. The van der Waals surface area contributed by atoms with Crippen LogP contribution in [0.5, 0.6) is 6.01 Å². The summed E-state index contributed by atoms with van der Waals surface area (Å²) in [7, 11) is 0. The van der Waals surface area contributed by atoms with E-state index in [9.17, 15) is 5.11 Å². The number of nitrogens with two attached hydrogens (primary N) is 1. The molecule has 0 spiro atoms. The minimum Gasteiger partial charge on any atom is -0.462 e. The van der Waals surface area contributed by atoms with E-state index in [2.05, 4.69) is 27.0 Å². The molecule has 0 fully saturated rings. The van der Waals surface area contributed by atoms with Crippen LogP contribution in [0, 0.1) is 0 Å². The smallest absolute Gasteiger partial charge is 0.336 e. The number of anilines is 1. The quantitative estimate of drug-likeness (QED) is 0.661. The number of nitrogen functional groups attached to an aromatic ring is 1. The molecule has 0 saturated heterocycles. The number of hydrogen-bond donors (Lipinski definition) is 2. The first-order valence-electron chi connectivity index (χ1n) is 7.43. The summed E-state index contributed by atoms with van der Waals surface area (Å²) in [5.41, 5.74) is 7.23. The van der Waals surface area contributed by atoms with E-state index in [0.717, 1.165) is 12.8 Å². The zero-order chi connectivity index (χ0) is 16.2. The lowest BCUT2D eigenvalue weighted by atomic mass is 10.2. The monoisotopic (exact) mass is 314 g/mol. The molecule has 0 saturated carbocycles. The first-order chi connectivity index (χ1) is 11.2. The standard InChI is InChI=1S/C15H18N6O2/c1-2-3-8-23-15-19-13(16)14-18-9-11(21(14)20-15)12(22)10-6-4-5-7-17-10/h4-7,9,12,22H,2-3,8H2,1H3,(H2,16,19,20). The van der Waals surface area contributed by atoms with Crippen molar-refractivity contribution >= 4 is 11.5 Å². The van der Waals surface area contributed by atoms with Gasteiger partial charge in [-0.15, -0.1) is 5.10 Å². The average Bonchev–Trinajstić information content (AvgIpc) is 3.00. The van der Waals surface area contributed by atoms with Gasteiger partial charge in [-0.2, -0.15) is 4.98 Å². The van der Waals surface area contributed by atoms with Gasteiger partial charge < -0.3 is 15.6 Å². The highest BCUT2D eigenvalue weighted by atomic mass is 16.5. The maximum Gasteiger partial charge on any atom is 0.336 e. The molecule has 0 radical (unpaired) electrons. The van der Waals surface area contributed by atoms with Crippen LogP contribution in [-0.2, 0) is 0 Å². The Bertz CT molecular complexity index is 789. The second-order valence-electron chi connectivity index (χ2n) is 5.06. The summed E-state index contributed by atoms with van der Waals surface area (Å²) in [4.78, 5) is 12.4. The van der Waals surface area contributed by atoms with Gasteiger partial charge in [-0.3, -0.25) is 4.98 Å². The van der Waals surface area contributed by atoms with Crippen LogP contribution in [0.4, 0.5) is 5.82 Å². The van der Waals surface area contributed by atoms with Crippen molar-refractivity contribution in [3.63, 3.8) is 0 Å². The molecule has 0 aliphatic rings. The van der Waals surface area contributed by atoms with Gasteiger partial charge in [0.1, 0.15) is 6.10 Å². The SMILES string of the molecule is CCCCOc1nc(N)c2ncc(C(O)c3ccccn3)n2n1. The Morgan fingerprint density at radius 3 is 2.96 bits per heavy atom. The zero-order valence-electron chi connectivity index (χ0n) is 12.8. The van der Waals surface area contributed by atoms with Gasteiger partial charge in [0.05, 0.1) is 24.2 Å². The van der Waals surface area contributed by atoms with Gasteiger partial charge >= 0.3 is 6.01 Å². The van der Waals surface area contributed by atoms with E-state index in [4.69, 9.17) is 10.5 Å². The Balaban J connectivity index is 1.98. The number of rotatable bonds is 6. The Hall–Kier alpha value is -2.74. The van der Waals surface area contributed by atoms with Gasteiger partial charge in [-0.1, -0.05) is 19.4 Å². The summed E-state index contributed by atoms with van der Waals surface area (Å²) in [6.07, 6.45) is 4.06. The lowest BCUT2D eigenvalue weighted by Crippen LogP contribution is -2.11. The maximum absolute atomic E-state index is 10.5. The fraction of sp³-hybridized carbons (Fsp3) is 0.333. The maximum atomic E-state index is 10.5. The number of imidazole rings is 1. The fourth-order valence-corrected chi connectivity index (χ4v) is 2.14. The molecule has 1 unspecified atom stereocenters. The Morgan fingerprint density at radius 1 is 1.35 bits per heavy atom. The van der Waals surface area contributed by atoms with E-state index in [1.807, 2.05) is 0 Å². The third-order valence-electron chi connectivity index (χ3n) is 3.37. The topological polar surface area (TPSA) is 111 Å². The first kappa shape index (κ1) is 15.2. The predicted octanol–water partition coefficient (Wildman–Crippen LogP) is 1.36. The van der Waals surface area contributed by atoms with Crippen molar-refractivity contribution in [2.24, 2.45) is 0 Å². The molecule has 3 heterocycles. The van der Waals surface area contributed by atoms with Gasteiger partial charge in [0.2, 0.25) is 0 Å². The number of nitrogens with zero attached hydrogens (tertiary/aromatic N) is 5. The van der Waals surface area contributed by atoms with Gasteiger partial charge in [0.25, 0.3) is 0 Å². The lowest BCUT2D eigenvalue weighted by Gasteiger charge is -2.10. The minimum atomic E-state index is -0.969. The molecule has 23 heavy (non-hydrogen) atoms. The van der Waals surface area contributed by atoms with Gasteiger partial charge in [-0.05, 0) is 18.6 Å². The lowest BCUT2D eigenvalue weighted by molar-refractivity contribution is 0.206. The van der Waals surface area contributed by atoms with Crippen molar-refractivity contribution in [2.45, 2.75) is 25.9 Å². The molecule has 0 amide bonds. The Labute approximate surface area is 133 Å². The van der Waals surface area contributed by atoms with Crippen molar-refractivity contribution in [2.75, 3.05) is 12.3 Å². The number of aliphatic hydroxyl groups is 1. The molecule has 0 aromatic carbocycles. The second kappa shape index (κ2) is 6.57. The highest BCUT2D eigenvalue weighted by Gasteiger charge is 2.19. The van der Waals surface area contributed by atoms with Gasteiger partial charge in [0, 0.05) is 6.20 Å². The van der Waals surface area contributed by atoms with E-state index in [0.29, 0.717) is 23.6 Å². The van der Waals surface area contributed by atoms with Crippen LogP contribution in [0.2, 0.25) is 0 Å². The van der Waals surface area contributed by atoms with Crippen molar-refractivity contribution in [1.82, 2.24) is 24.6 Å². The van der Waals surface area contributed by atoms with Crippen molar-refractivity contribution in [3.8, 4) is 6.01 Å². The number of fused-ring (bicyclic) bond motifs is 1. The van der Waals surface area contributed by atoms with Gasteiger partial charge in [0.15, 0.2) is 11.5 Å². The summed E-state index contributed by atoms with van der Waals surface area (Å²) in [5.74, 6) is 0.200. The summed E-state index contributed by atoms with van der Waals surface area (Å²) in [5, 5.41) is 14.8. The van der Waals surface area contributed by atoms with E-state index in [1.54, 1.807) is 24.4 Å².